The van der Waals surface area contributed by atoms with Crippen LogP contribution in [0.15, 0.2) is 12.1 Å². The smallest absolute Gasteiger partial charge is 0.160 e. The van der Waals surface area contributed by atoms with Gasteiger partial charge in [-0.3, -0.25) is 4.79 Å². The largest absolute Gasteiger partial charge is 0.494 e. The molecule has 0 heterocycles. The van der Waals surface area contributed by atoms with Crippen molar-refractivity contribution in [3.8, 4) is 5.75 Å². The summed E-state index contributed by atoms with van der Waals surface area (Å²) in [6.45, 7) is 6.15. The fourth-order valence-corrected chi connectivity index (χ4v) is 2.08. The number of ether oxygens (including phenoxy) is 1. The highest BCUT2D eigenvalue weighted by molar-refractivity contribution is 14.1. The fraction of sp³-hybridized carbons (Fsp3) is 0.364. The first-order chi connectivity index (χ1) is 6.57. The van der Waals surface area contributed by atoms with E-state index in [9.17, 15) is 4.79 Å². The molecule has 0 amide bonds. The van der Waals surface area contributed by atoms with E-state index >= 15 is 0 Å². The SMILES string of the molecule is CCOc1ccc(C(C)=O)c(I)c1C. The molecule has 0 aromatic heterocycles. The Bertz CT molecular complexity index is 359. The summed E-state index contributed by atoms with van der Waals surface area (Å²) < 4.78 is 6.42. The maximum absolute atomic E-state index is 11.2. The van der Waals surface area contributed by atoms with Gasteiger partial charge in [0.15, 0.2) is 5.78 Å². The molecule has 0 unspecified atom stereocenters. The standard InChI is InChI=1S/C11H13IO2/c1-4-14-10-6-5-9(8(3)13)11(12)7(10)2/h5-6H,4H2,1-3H3. The van der Waals surface area contributed by atoms with Gasteiger partial charge in [0.25, 0.3) is 0 Å². The molecule has 76 valence electrons. The number of ketones is 1. The van der Waals surface area contributed by atoms with E-state index in [1.165, 1.54) is 0 Å². The average Bonchev–Trinajstić information content (AvgIpc) is 2.13. The third-order valence-corrected chi connectivity index (χ3v) is 3.41. The van der Waals surface area contributed by atoms with Crippen LogP contribution in [0, 0.1) is 10.5 Å². The van der Waals surface area contributed by atoms with Crippen molar-refractivity contribution in [2.24, 2.45) is 0 Å². The Labute approximate surface area is 97.8 Å². The molecule has 1 rings (SSSR count). The Hall–Kier alpha value is -0.580. The molecular formula is C11H13IO2. The van der Waals surface area contributed by atoms with Crippen molar-refractivity contribution < 1.29 is 9.53 Å². The first kappa shape index (κ1) is 11.5. The van der Waals surface area contributed by atoms with Crippen LogP contribution in [-0.2, 0) is 0 Å². The number of carbonyl (C=O) groups excluding carboxylic acids is 1. The highest BCUT2D eigenvalue weighted by atomic mass is 127. The maximum Gasteiger partial charge on any atom is 0.160 e. The second-order valence-corrected chi connectivity index (χ2v) is 4.12. The molecule has 0 atom stereocenters. The van der Waals surface area contributed by atoms with Crippen molar-refractivity contribution in [1.29, 1.82) is 0 Å². The first-order valence-corrected chi connectivity index (χ1v) is 5.58. The monoisotopic (exact) mass is 304 g/mol. The molecule has 0 fully saturated rings. The number of hydrogen-bond donors (Lipinski definition) is 0. The predicted octanol–water partition coefficient (Wildman–Crippen LogP) is 3.20. The molecule has 0 bridgehead atoms. The number of halogens is 1. The number of Topliss-reactive ketones (excluding diaryl/α,β-unsaturated/α-hetero) is 1. The summed E-state index contributed by atoms with van der Waals surface area (Å²) in [5.74, 6) is 0.961. The molecule has 14 heavy (non-hydrogen) atoms. The zero-order valence-corrected chi connectivity index (χ0v) is 10.7. The normalized spacial score (nSPS) is 10.0. The van der Waals surface area contributed by atoms with Crippen LogP contribution in [-0.4, -0.2) is 12.4 Å². The summed E-state index contributed by atoms with van der Waals surface area (Å²) in [6, 6.07) is 3.68. The van der Waals surface area contributed by atoms with E-state index in [-0.39, 0.29) is 5.78 Å². The van der Waals surface area contributed by atoms with Gasteiger partial charge in [-0.05, 0) is 55.5 Å². The Morgan fingerprint density at radius 3 is 2.64 bits per heavy atom. The van der Waals surface area contributed by atoms with Crippen LogP contribution in [0.3, 0.4) is 0 Å². The van der Waals surface area contributed by atoms with E-state index in [0.717, 1.165) is 20.4 Å². The van der Waals surface area contributed by atoms with Crippen LogP contribution in [0.1, 0.15) is 29.8 Å². The molecule has 1 aromatic rings. The molecule has 0 radical (unpaired) electrons. The predicted molar refractivity (Wildman–Crippen MR) is 65.1 cm³/mol. The van der Waals surface area contributed by atoms with Crippen molar-refractivity contribution >= 4 is 28.4 Å². The van der Waals surface area contributed by atoms with E-state index in [2.05, 4.69) is 22.6 Å². The third kappa shape index (κ3) is 2.26. The lowest BCUT2D eigenvalue weighted by molar-refractivity contribution is 0.101. The zero-order chi connectivity index (χ0) is 10.7. The van der Waals surface area contributed by atoms with E-state index in [0.29, 0.717) is 6.61 Å². The molecule has 0 aliphatic rings. The van der Waals surface area contributed by atoms with Crippen molar-refractivity contribution in [2.45, 2.75) is 20.8 Å². The van der Waals surface area contributed by atoms with E-state index in [4.69, 9.17) is 4.74 Å². The van der Waals surface area contributed by atoms with E-state index in [1.54, 1.807) is 6.92 Å². The minimum atomic E-state index is 0.0977. The Morgan fingerprint density at radius 1 is 1.50 bits per heavy atom. The molecule has 0 saturated heterocycles. The summed E-state index contributed by atoms with van der Waals surface area (Å²) in [6.07, 6.45) is 0. The van der Waals surface area contributed by atoms with Crippen LogP contribution in [0.4, 0.5) is 0 Å². The van der Waals surface area contributed by atoms with Crippen molar-refractivity contribution in [2.75, 3.05) is 6.61 Å². The molecule has 0 spiro atoms. The fourth-order valence-electron chi connectivity index (χ4n) is 1.25. The molecule has 1 aromatic carbocycles. The van der Waals surface area contributed by atoms with Crippen molar-refractivity contribution in [3.63, 3.8) is 0 Å². The lowest BCUT2D eigenvalue weighted by atomic mass is 10.1. The van der Waals surface area contributed by atoms with Crippen LogP contribution in [0.5, 0.6) is 5.75 Å². The number of benzene rings is 1. The summed E-state index contributed by atoms with van der Waals surface area (Å²) in [5, 5.41) is 0. The lowest BCUT2D eigenvalue weighted by Crippen LogP contribution is -2.01. The third-order valence-electron chi connectivity index (χ3n) is 2.02. The molecule has 0 saturated carbocycles. The van der Waals surface area contributed by atoms with Crippen LogP contribution < -0.4 is 4.74 Å². The second kappa shape index (κ2) is 4.77. The maximum atomic E-state index is 11.2. The highest BCUT2D eigenvalue weighted by Crippen LogP contribution is 2.26. The van der Waals surface area contributed by atoms with Crippen LogP contribution >= 0.6 is 22.6 Å². The molecular weight excluding hydrogens is 291 g/mol. The Balaban J connectivity index is 3.19. The lowest BCUT2D eigenvalue weighted by Gasteiger charge is -2.10. The molecule has 0 aliphatic carbocycles. The van der Waals surface area contributed by atoms with Gasteiger partial charge < -0.3 is 4.74 Å². The number of carbonyl (C=O) groups is 1. The molecule has 3 heteroatoms. The van der Waals surface area contributed by atoms with Gasteiger partial charge in [-0.1, -0.05) is 0 Å². The summed E-state index contributed by atoms with van der Waals surface area (Å²) in [5.41, 5.74) is 1.81. The first-order valence-electron chi connectivity index (χ1n) is 4.50. The summed E-state index contributed by atoms with van der Waals surface area (Å²) >= 11 is 2.18. The second-order valence-electron chi connectivity index (χ2n) is 3.04. The van der Waals surface area contributed by atoms with Gasteiger partial charge >= 0.3 is 0 Å². The average molecular weight is 304 g/mol. The van der Waals surface area contributed by atoms with E-state index in [1.807, 2.05) is 26.0 Å². The number of hydrogen-bond acceptors (Lipinski definition) is 2. The Kier molecular flexibility index (Phi) is 3.92. The molecule has 2 nitrogen and oxygen atoms in total. The quantitative estimate of drug-likeness (QED) is 0.633. The topological polar surface area (TPSA) is 26.3 Å². The van der Waals surface area contributed by atoms with Gasteiger partial charge in [0.2, 0.25) is 0 Å². The van der Waals surface area contributed by atoms with Gasteiger partial charge in [-0.2, -0.15) is 0 Å². The summed E-state index contributed by atoms with van der Waals surface area (Å²) in [4.78, 5) is 11.2. The van der Waals surface area contributed by atoms with Crippen LogP contribution in [0.2, 0.25) is 0 Å². The van der Waals surface area contributed by atoms with Gasteiger partial charge in [-0.15, -0.1) is 0 Å². The molecule has 0 aliphatic heterocycles. The minimum absolute atomic E-state index is 0.0977. The van der Waals surface area contributed by atoms with Gasteiger partial charge in [0.1, 0.15) is 5.75 Å². The van der Waals surface area contributed by atoms with E-state index < -0.39 is 0 Å². The summed E-state index contributed by atoms with van der Waals surface area (Å²) in [7, 11) is 0. The van der Waals surface area contributed by atoms with Gasteiger partial charge in [0, 0.05) is 14.7 Å². The minimum Gasteiger partial charge on any atom is -0.494 e. The van der Waals surface area contributed by atoms with Crippen LogP contribution in [0.25, 0.3) is 0 Å². The van der Waals surface area contributed by atoms with Gasteiger partial charge in [0.05, 0.1) is 6.61 Å². The van der Waals surface area contributed by atoms with Crippen molar-refractivity contribution in [3.05, 3.63) is 26.8 Å². The van der Waals surface area contributed by atoms with Gasteiger partial charge in [-0.25, -0.2) is 0 Å². The highest BCUT2D eigenvalue weighted by Gasteiger charge is 2.10. The number of rotatable bonds is 3. The zero-order valence-electron chi connectivity index (χ0n) is 8.56. The Morgan fingerprint density at radius 2 is 2.14 bits per heavy atom. The molecule has 0 N–H and O–H groups in total. The van der Waals surface area contributed by atoms with Crippen molar-refractivity contribution in [1.82, 2.24) is 0 Å².